The van der Waals surface area contributed by atoms with Crippen LogP contribution in [0.2, 0.25) is 0 Å². The zero-order chi connectivity index (χ0) is 17.0. The van der Waals surface area contributed by atoms with Crippen LogP contribution < -0.4 is 0 Å². The average molecular weight is 336 g/mol. The lowest BCUT2D eigenvalue weighted by Crippen LogP contribution is -2.05. The number of esters is 2. The van der Waals surface area contributed by atoms with Crippen molar-refractivity contribution in [2.75, 3.05) is 0 Å². The molecule has 6 heteroatoms. The monoisotopic (exact) mass is 336 g/mol. The summed E-state index contributed by atoms with van der Waals surface area (Å²) in [5.74, 6) is -1.84. The molecule has 1 aliphatic heterocycles. The minimum absolute atomic E-state index is 0.0483. The number of ketones is 2. The fourth-order valence-corrected chi connectivity index (χ4v) is 3.19. The molecule has 0 aromatic heterocycles. The van der Waals surface area contributed by atoms with E-state index in [0.29, 0.717) is 21.6 Å². The lowest BCUT2D eigenvalue weighted by atomic mass is 9.96. The number of hydrogen-bond acceptors (Lipinski definition) is 6. The number of benzene rings is 2. The van der Waals surface area contributed by atoms with Gasteiger partial charge in [0.05, 0.1) is 11.1 Å². The van der Waals surface area contributed by atoms with Crippen LogP contribution in [0.15, 0.2) is 36.4 Å². The van der Waals surface area contributed by atoms with E-state index in [1.54, 1.807) is 18.2 Å². The normalized spacial score (nSPS) is 15.3. The SMILES string of the molecule is O=C(c1ccc2c(c1)C(=O)OC2=O)c1ccc2c(c1)C(=S)CC2=O. The molecule has 2 aromatic carbocycles. The van der Waals surface area contributed by atoms with Crippen molar-refractivity contribution >= 4 is 40.6 Å². The fourth-order valence-electron chi connectivity index (χ4n) is 2.89. The van der Waals surface area contributed by atoms with E-state index in [2.05, 4.69) is 4.74 Å². The van der Waals surface area contributed by atoms with Gasteiger partial charge >= 0.3 is 11.9 Å². The zero-order valence-corrected chi connectivity index (χ0v) is 12.9. The molecule has 4 rings (SSSR count). The van der Waals surface area contributed by atoms with Crippen LogP contribution in [0.1, 0.15) is 59.0 Å². The minimum atomic E-state index is -0.759. The van der Waals surface area contributed by atoms with Gasteiger partial charge in [-0.05, 0) is 18.2 Å². The average Bonchev–Trinajstić information content (AvgIpc) is 3.02. The number of thiocarbonyl (C=S) groups is 1. The van der Waals surface area contributed by atoms with Crippen LogP contribution in [-0.4, -0.2) is 28.4 Å². The Bertz CT molecular complexity index is 923. The summed E-state index contributed by atoms with van der Waals surface area (Å²) in [6.07, 6.45) is 0.190. The molecule has 116 valence electrons. The standard InChI is InChI=1S/C18H8O5S/c19-14-7-15(24)12-5-8(1-3-10(12)14)16(20)9-2-4-11-13(6-9)18(22)23-17(11)21/h1-6H,7H2. The first-order valence-electron chi connectivity index (χ1n) is 7.11. The number of ether oxygens (including phenoxy) is 1. The second-order valence-electron chi connectivity index (χ2n) is 5.55. The number of Topliss-reactive ketones (excluding diaryl/α,β-unsaturated/α-hetero) is 1. The molecule has 2 aromatic rings. The van der Waals surface area contributed by atoms with Crippen molar-refractivity contribution in [2.24, 2.45) is 0 Å². The molecule has 0 amide bonds. The number of cyclic esters (lactones) is 2. The van der Waals surface area contributed by atoms with Crippen molar-refractivity contribution in [3.63, 3.8) is 0 Å². The third-order valence-electron chi connectivity index (χ3n) is 4.11. The Labute approximate surface area is 141 Å². The highest BCUT2D eigenvalue weighted by Crippen LogP contribution is 2.26. The van der Waals surface area contributed by atoms with Gasteiger partial charge in [-0.2, -0.15) is 0 Å². The Hall–Kier alpha value is -2.99. The summed E-state index contributed by atoms with van der Waals surface area (Å²) >= 11 is 5.18. The molecule has 2 aliphatic rings. The predicted molar refractivity (Wildman–Crippen MR) is 86.7 cm³/mol. The largest absolute Gasteiger partial charge is 0.386 e. The number of fused-ring (bicyclic) bond motifs is 2. The van der Waals surface area contributed by atoms with E-state index in [1.165, 1.54) is 18.2 Å². The van der Waals surface area contributed by atoms with Gasteiger partial charge < -0.3 is 4.74 Å². The van der Waals surface area contributed by atoms with Crippen molar-refractivity contribution in [1.82, 2.24) is 0 Å². The van der Waals surface area contributed by atoms with Crippen molar-refractivity contribution in [2.45, 2.75) is 6.42 Å². The first-order valence-corrected chi connectivity index (χ1v) is 7.52. The maximum absolute atomic E-state index is 12.7. The number of carbonyl (C=O) groups excluding carboxylic acids is 4. The van der Waals surface area contributed by atoms with Gasteiger partial charge in [0.2, 0.25) is 0 Å². The molecule has 5 nitrogen and oxygen atoms in total. The van der Waals surface area contributed by atoms with E-state index in [4.69, 9.17) is 12.2 Å². The first-order chi connectivity index (χ1) is 11.5. The summed E-state index contributed by atoms with van der Waals surface area (Å²) < 4.78 is 4.51. The highest BCUT2D eigenvalue weighted by molar-refractivity contribution is 7.81. The number of hydrogen-bond donors (Lipinski definition) is 0. The minimum Gasteiger partial charge on any atom is -0.386 e. The molecule has 1 aliphatic carbocycles. The Morgan fingerprint density at radius 3 is 2.12 bits per heavy atom. The van der Waals surface area contributed by atoms with Crippen molar-refractivity contribution < 1.29 is 23.9 Å². The van der Waals surface area contributed by atoms with E-state index >= 15 is 0 Å². The van der Waals surface area contributed by atoms with Crippen LogP contribution in [0, 0.1) is 0 Å². The van der Waals surface area contributed by atoms with Gasteiger partial charge in [-0.1, -0.05) is 30.4 Å². The van der Waals surface area contributed by atoms with E-state index in [0.717, 1.165) is 0 Å². The van der Waals surface area contributed by atoms with Gasteiger partial charge in [-0.15, -0.1) is 0 Å². The molecule has 0 spiro atoms. The predicted octanol–water partition coefficient (Wildman–Crippen LogP) is 2.53. The summed E-state index contributed by atoms with van der Waals surface area (Å²) in [6, 6.07) is 8.97. The third kappa shape index (κ3) is 2.04. The van der Waals surface area contributed by atoms with Crippen LogP contribution >= 0.6 is 12.2 Å². The molecule has 0 N–H and O–H groups in total. The summed E-state index contributed by atoms with van der Waals surface area (Å²) in [7, 11) is 0. The Morgan fingerprint density at radius 1 is 0.833 bits per heavy atom. The molecule has 0 bridgehead atoms. The van der Waals surface area contributed by atoms with E-state index in [1.807, 2.05) is 0 Å². The molecule has 0 radical (unpaired) electrons. The van der Waals surface area contributed by atoms with Crippen molar-refractivity contribution in [3.8, 4) is 0 Å². The van der Waals surface area contributed by atoms with Crippen LogP contribution in [0.3, 0.4) is 0 Å². The molecular weight excluding hydrogens is 328 g/mol. The van der Waals surface area contributed by atoms with E-state index in [9.17, 15) is 19.2 Å². The van der Waals surface area contributed by atoms with Gasteiger partial charge in [-0.25, -0.2) is 9.59 Å². The second kappa shape index (κ2) is 5.01. The van der Waals surface area contributed by atoms with E-state index < -0.39 is 11.9 Å². The molecule has 0 atom stereocenters. The molecule has 0 saturated carbocycles. The van der Waals surface area contributed by atoms with Crippen LogP contribution in [0.4, 0.5) is 0 Å². The van der Waals surface area contributed by atoms with Gasteiger partial charge in [0.15, 0.2) is 11.6 Å². The third-order valence-corrected chi connectivity index (χ3v) is 4.47. The van der Waals surface area contributed by atoms with Crippen LogP contribution in [-0.2, 0) is 4.74 Å². The molecule has 1 heterocycles. The molecule has 24 heavy (non-hydrogen) atoms. The second-order valence-corrected chi connectivity index (χ2v) is 6.04. The van der Waals surface area contributed by atoms with Crippen LogP contribution in [0.25, 0.3) is 0 Å². The van der Waals surface area contributed by atoms with Gasteiger partial charge in [-0.3, -0.25) is 9.59 Å². The van der Waals surface area contributed by atoms with Gasteiger partial charge in [0, 0.05) is 33.5 Å². The van der Waals surface area contributed by atoms with E-state index in [-0.39, 0.29) is 34.7 Å². The van der Waals surface area contributed by atoms with Crippen LogP contribution in [0.5, 0.6) is 0 Å². The van der Waals surface area contributed by atoms with Crippen molar-refractivity contribution in [3.05, 3.63) is 69.8 Å². The lowest BCUT2D eigenvalue weighted by Gasteiger charge is -2.05. The maximum Gasteiger partial charge on any atom is 0.346 e. The summed E-state index contributed by atoms with van der Waals surface area (Å²) in [5, 5.41) is 0. The van der Waals surface area contributed by atoms with Gasteiger partial charge in [0.25, 0.3) is 0 Å². The Morgan fingerprint density at radius 2 is 1.42 bits per heavy atom. The smallest absolute Gasteiger partial charge is 0.346 e. The topological polar surface area (TPSA) is 77.5 Å². The quantitative estimate of drug-likeness (QED) is 0.363. The maximum atomic E-state index is 12.7. The summed E-state index contributed by atoms with van der Waals surface area (Å²) in [4.78, 5) is 48.0. The molecular formula is C18H8O5S. The Balaban J connectivity index is 1.76. The molecule has 0 unspecified atom stereocenters. The first kappa shape index (κ1) is 14.6. The molecule has 0 fully saturated rings. The van der Waals surface area contributed by atoms with Gasteiger partial charge in [0.1, 0.15) is 0 Å². The highest BCUT2D eigenvalue weighted by Gasteiger charge is 2.31. The zero-order valence-electron chi connectivity index (χ0n) is 12.1. The summed E-state index contributed by atoms with van der Waals surface area (Å²) in [5.41, 5.74) is 1.99. The molecule has 0 saturated heterocycles. The number of carbonyl (C=O) groups is 4. The fraction of sp³-hybridized carbons (Fsp3) is 0.0556. The highest BCUT2D eigenvalue weighted by atomic mass is 32.1. The number of rotatable bonds is 2. The lowest BCUT2D eigenvalue weighted by molar-refractivity contribution is 0.0443. The summed E-state index contributed by atoms with van der Waals surface area (Å²) in [6.45, 7) is 0. The Kier molecular flexibility index (Phi) is 3.04. The van der Waals surface area contributed by atoms with Crippen molar-refractivity contribution in [1.29, 1.82) is 0 Å².